The number of aromatic nitrogens is 2. The first-order valence-electron chi connectivity index (χ1n) is 9.52. The number of hydrogen-bond acceptors (Lipinski definition) is 7. The molecule has 1 N–H and O–H groups in total. The first-order chi connectivity index (χ1) is 13.6. The molecule has 4 rings (SSSR count). The average molecular weight is 399 g/mol. The number of nitrogens with zero attached hydrogens (tertiary/aromatic N) is 3. The third kappa shape index (κ3) is 3.83. The van der Waals surface area contributed by atoms with Crippen LogP contribution in [-0.4, -0.2) is 60.4 Å². The lowest BCUT2D eigenvalue weighted by Crippen LogP contribution is -2.53. The summed E-state index contributed by atoms with van der Waals surface area (Å²) in [4.78, 5) is 12.5. The summed E-state index contributed by atoms with van der Waals surface area (Å²) in [6.45, 7) is 8.86. The maximum atomic E-state index is 5.50. The van der Waals surface area contributed by atoms with E-state index in [2.05, 4.69) is 51.5 Å². The summed E-state index contributed by atoms with van der Waals surface area (Å²) in [6.07, 6.45) is 1.64. The van der Waals surface area contributed by atoms with Crippen LogP contribution in [0.5, 0.6) is 5.75 Å². The van der Waals surface area contributed by atoms with Gasteiger partial charge >= 0.3 is 0 Å². The molecule has 1 fully saturated rings. The Labute approximate surface area is 169 Å². The molecule has 0 radical (unpaired) electrons. The molecule has 3 aromatic rings. The van der Waals surface area contributed by atoms with Crippen LogP contribution in [0.25, 0.3) is 21.3 Å². The number of fused-ring (bicyclic) bond motifs is 1. The third-order valence-corrected chi connectivity index (χ3v) is 6.21. The number of hydrogen-bond donors (Lipinski definition) is 1. The molecule has 1 aliphatic rings. The Hall–Kier alpha value is -2.22. The molecule has 7 heteroatoms. The zero-order valence-electron chi connectivity index (χ0n) is 16.6. The summed E-state index contributed by atoms with van der Waals surface area (Å²) >= 11 is 1.65. The Bertz CT molecular complexity index is 933. The molecule has 0 spiro atoms. The molecule has 0 saturated carbocycles. The first kappa shape index (κ1) is 19.1. The molecule has 28 heavy (non-hydrogen) atoms. The zero-order valence-corrected chi connectivity index (χ0v) is 17.4. The second-order valence-electron chi connectivity index (χ2n) is 7.55. The van der Waals surface area contributed by atoms with E-state index in [1.807, 2.05) is 12.1 Å². The van der Waals surface area contributed by atoms with Gasteiger partial charge in [-0.05, 0) is 31.5 Å². The Morgan fingerprint density at radius 3 is 2.64 bits per heavy atom. The number of thiophene rings is 1. The second-order valence-corrected chi connectivity index (χ2v) is 8.40. The summed E-state index contributed by atoms with van der Waals surface area (Å²) in [5, 5.41) is 6.82. The van der Waals surface area contributed by atoms with E-state index in [1.54, 1.807) is 24.8 Å². The smallest absolute Gasteiger partial charge is 0.138 e. The van der Waals surface area contributed by atoms with Crippen molar-refractivity contribution in [1.82, 2.24) is 14.9 Å². The molecular weight excluding hydrogens is 372 g/mol. The Morgan fingerprint density at radius 1 is 1.18 bits per heavy atom. The standard InChI is InChI=1S/C21H26N4O2S/c1-21(2,25-8-10-27-11-9-25)13-22-19-18-17(12-28-20(18)24-14-23-19)15-4-6-16(26-3)7-5-15/h4-7,12,14H,8-11,13H2,1-3H3,(H,22,23,24). The van der Waals surface area contributed by atoms with E-state index in [-0.39, 0.29) is 5.54 Å². The molecule has 1 saturated heterocycles. The van der Waals surface area contributed by atoms with Gasteiger partial charge in [-0.2, -0.15) is 0 Å². The highest BCUT2D eigenvalue weighted by Crippen LogP contribution is 2.37. The van der Waals surface area contributed by atoms with Gasteiger partial charge in [0.05, 0.1) is 25.7 Å². The van der Waals surface area contributed by atoms with Crippen LogP contribution < -0.4 is 10.1 Å². The fourth-order valence-corrected chi connectivity index (χ4v) is 4.49. The van der Waals surface area contributed by atoms with Gasteiger partial charge in [0.1, 0.15) is 22.7 Å². The van der Waals surface area contributed by atoms with Crippen LogP contribution in [0.3, 0.4) is 0 Å². The van der Waals surface area contributed by atoms with Crippen LogP contribution in [0.15, 0.2) is 36.0 Å². The van der Waals surface area contributed by atoms with Crippen molar-refractivity contribution in [2.45, 2.75) is 19.4 Å². The fraction of sp³-hybridized carbons (Fsp3) is 0.429. The lowest BCUT2D eigenvalue weighted by Gasteiger charge is -2.41. The van der Waals surface area contributed by atoms with Crippen LogP contribution in [-0.2, 0) is 4.74 Å². The maximum Gasteiger partial charge on any atom is 0.138 e. The van der Waals surface area contributed by atoms with Gasteiger partial charge in [-0.3, -0.25) is 4.90 Å². The van der Waals surface area contributed by atoms with Crippen molar-refractivity contribution < 1.29 is 9.47 Å². The minimum atomic E-state index is 0.0113. The summed E-state index contributed by atoms with van der Waals surface area (Å²) in [5.74, 6) is 1.74. The normalized spacial score (nSPS) is 15.7. The molecule has 0 aliphatic carbocycles. The molecule has 6 nitrogen and oxygen atoms in total. The lowest BCUT2D eigenvalue weighted by molar-refractivity contribution is -0.00569. The van der Waals surface area contributed by atoms with Crippen molar-refractivity contribution in [2.24, 2.45) is 0 Å². The Balaban J connectivity index is 1.61. The van der Waals surface area contributed by atoms with Crippen molar-refractivity contribution in [3.8, 4) is 16.9 Å². The van der Waals surface area contributed by atoms with Gasteiger partial charge in [0.2, 0.25) is 0 Å². The van der Waals surface area contributed by atoms with Gasteiger partial charge < -0.3 is 14.8 Å². The number of nitrogens with one attached hydrogen (secondary N) is 1. The van der Waals surface area contributed by atoms with Crippen molar-refractivity contribution >= 4 is 27.4 Å². The van der Waals surface area contributed by atoms with Gasteiger partial charge in [-0.25, -0.2) is 9.97 Å². The van der Waals surface area contributed by atoms with Gasteiger partial charge in [0.15, 0.2) is 0 Å². The molecule has 0 amide bonds. The first-order valence-corrected chi connectivity index (χ1v) is 10.4. The van der Waals surface area contributed by atoms with Crippen LogP contribution in [0, 0.1) is 0 Å². The third-order valence-electron chi connectivity index (χ3n) is 5.33. The van der Waals surface area contributed by atoms with E-state index in [4.69, 9.17) is 9.47 Å². The van der Waals surface area contributed by atoms with Gasteiger partial charge in [-0.1, -0.05) is 12.1 Å². The largest absolute Gasteiger partial charge is 0.497 e. The Kier molecular flexibility index (Phi) is 5.48. The van der Waals surface area contributed by atoms with Crippen LogP contribution in [0.1, 0.15) is 13.8 Å². The topological polar surface area (TPSA) is 59.5 Å². The summed E-state index contributed by atoms with van der Waals surface area (Å²) < 4.78 is 10.8. The minimum Gasteiger partial charge on any atom is -0.497 e. The number of rotatable bonds is 6. The summed E-state index contributed by atoms with van der Waals surface area (Å²) in [5.41, 5.74) is 2.30. The average Bonchev–Trinajstić information content (AvgIpc) is 3.18. The lowest BCUT2D eigenvalue weighted by atomic mass is 10.0. The van der Waals surface area contributed by atoms with E-state index in [9.17, 15) is 0 Å². The molecule has 0 unspecified atom stereocenters. The molecule has 2 aromatic heterocycles. The van der Waals surface area contributed by atoms with E-state index < -0.39 is 0 Å². The zero-order chi connectivity index (χ0) is 19.6. The summed E-state index contributed by atoms with van der Waals surface area (Å²) in [7, 11) is 1.68. The fourth-order valence-electron chi connectivity index (χ4n) is 3.57. The van der Waals surface area contributed by atoms with Crippen LogP contribution >= 0.6 is 11.3 Å². The van der Waals surface area contributed by atoms with Crippen molar-refractivity contribution in [3.63, 3.8) is 0 Å². The molecule has 1 aliphatic heterocycles. The van der Waals surface area contributed by atoms with Crippen molar-refractivity contribution in [2.75, 3.05) is 45.3 Å². The van der Waals surface area contributed by atoms with Crippen molar-refractivity contribution in [3.05, 3.63) is 36.0 Å². The van der Waals surface area contributed by atoms with Gasteiger partial charge in [0.25, 0.3) is 0 Å². The van der Waals surface area contributed by atoms with Crippen LogP contribution in [0.4, 0.5) is 5.82 Å². The number of ether oxygens (including phenoxy) is 2. The summed E-state index contributed by atoms with van der Waals surface area (Å²) in [6, 6.07) is 8.12. The van der Waals surface area contributed by atoms with E-state index >= 15 is 0 Å². The number of benzene rings is 1. The second kappa shape index (κ2) is 8.03. The predicted octanol–water partition coefficient (Wildman–Crippen LogP) is 3.89. The van der Waals surface area contributed by atoms with E-state index in [0.29, 0.717) is 0 Å². The molecule has 3 heterocycles. The molecule has 0 bridgehead atoms. The van der Waals surface area contributed by atoms with E-state index in [1.165, 1.54) is 0 Å². The van der Waals surface area contributed by atoms with Crippen LogP contribution in [0.2, 0.25) is 0 Å². The highest BCUT2D eigenvalue weighted by Gasteiger charge is 2.28. The number of methoxy groups -OCH3 is 1. The maximum absolute atomic E-state index is 5.50. The molecule has 148 valence electrons. The quantitative estimate of drug-likeness (QED) is 0.680. The molecule has 1 aromatic carbocycles. The number of anilines is 1. The Morgan fingerprint density at radius 2 is 1.93 bits per heavy atom. The monoisotopic (exact) mass is 398 g/mol. The number of morpholine rings is 1. The highest BCUT2D eigenvalue weighted by molar-refractivity contribution is 7.17. The molecule has 0 atom stereocenters. The van der Waals surface area contributed by atoms with Crippen molar-refractivity contribution in [1.29, 1.82) is 0 Å². The minimum absolute atomic E-state index is 0.0113. The van der Waals surface area contributed by atoms with Gasteiger partial charge in [-0.15, -0.1) is 11.3 Å². The van der Waals surface area contributed by atoms with Gasteiger partial charge in [0, 0.05) is 36.1 Å². The van der Waals surface area contributed by atoms with E-state index in [0.717, 1.165) is 65.8 Å². The highest BCUT2D eigenvalue weighted by atomic mass is 32.1. The molecular formula is C21H26N4O2S. The predicted molar refractivity (Wildman–Crippen MR) is 114 cm³/mol. The SMILES string of the molecule is COc1ccc(-c2csc3ncnc(NCC(C)(C)N4CCOCC4)c23)cc1.